The second kappa shape index (κ2) is 5.66. The van der Waals surface area contributed by atoms with Crippen LogP contribution >= 0.6 is 27.5 Å². The highest BCUT2D eigenvalue weighted by molar-refractivity contribution is 9.10. The highest BCUT2D eigenvalue weighted by atomic mass is 79.9. The van der Waals surface area contributed by atoms with Crippen LogP contribution in [0.15, 0.2) is 53.0 Å². The standard InChI is InChI=1S/C17H11BrClFO/c1-21-17-12-5-3-2-4-10(12)8-14(19)16(17)13-7-6-11(18)9-15(13)20/h2-9H,1H3. The van der Waals surface area contributed by atoms with Gasteiger partial charge in [0.1, 0.15) is 11.6 Å². The topological polar surface area (TPSA) is 9.23 Å². The van der Waals surface area contributed by atoms with Gasteiger partial charge >= 0.3 is 0 Å². The summed E-state index contributed by atoms with van der Waals surface area (Å²) < 4.78 is 20.5. The first kappa shape index (κ1) is 14.4. The van der Waals surface area contributed by atoms with Gasteiger partial charge in [-0.1, -0.05) is 57.9 Å². The maximum atomic E-state index is 14.3. The average molecular weight is 366 g/mol. The summed E-state index contributed by atoms with van der Waals surface area (Å²) in [6, 6.07) is 14.5. The quantitative estimate of drug-likeness (QED) is 0.535. The molecule has 0 aliphatic carbocycles. The Bertz CT molecular complexity index is 832. The molecule has 0 heterocycles. The number of benzene rings is 3. The van der Waals surface area contributed by atoms with Crippen molar-refractivity contribution in [3.63, 3.8) is 0 Å². The van der Waals surface area contributed by atoms with E-state index in [-0.39, 0.29) is 5.82 Å². The fraction of sp³-hybridized carbons (Fsp3) is 0.0588. The van der Waals surface area contributed by atoms with Crippen LogP contribution in [0, 0.1) is 5.82 Å². The number of ether oxygens (including phenoxy) is 1. The second-order valence-corrected chi connectivity index (χ2v) is 5.93. The monoisotopic (exact) mass is 364 g/mol. The lowest BCUT2D eigenvalue weighted by Crippen LogP contribution is -1.93. The van der Waals surface area contributed by atoms with Crippen LogP contribution in [0.2, 0.25) is 5.02 Å². The molecule has 0 aliphatic rings. The molecule has 0 N–H and O–H groups in total. The minimum Gasteiger partial charge on any atom is -0.495 e. The molecule has 0 bridgehead atoms. The van der Waals surface area contributed by atoms with E-state index in [4.69, 9.17) is 16.3 Å². The molecule has 0 unspecified atom stereocenters. The van der Waals surface area contributed by atoms with Crippen LogP contribution < -0.4 is 4.74 Å². The van der Waals surface area contributed by atoms with Crippen molar-refractivity contribution < 1.29 is 9.13 Å². The minimum atomic E-state index is -0.347. The summed E-state index contributed by atoms with van der Waals surface area (Å²) in [6.07, 6.45) is 0. The van der Waals surface area contributed by atoms with Gasteiger partial charge in [-0.05, 0) is 23.6 Å². The molecule has 106 valence electrons. The molecule has 0 saturated heterocycles. The van der Waals surface area contributed by atoms with Crippen molar-refractivity contribution in [1.82, 2.24) is 0 Å². The summed E-state index contributed by atoms with van der Waals surface area (Å²) in [5.74, 6) is 0.235. The molecule has 0 aromatic heterocycles. The minimum absolute atomic E-state index is 0.347. The van der Waals surface area contributed by atoms with E-state index in [1.807, 2.05) is 30.3 Å². The van der Waals surface area contributed by atoms with Gasteiger partial charge < -0.3 is 4.74 Å². The number of fused-ring (bicyclic) bond motifs is 1. The lowest BCUT2D eigenvalue weighted by Gasteiger charge is -2.15. The van der Waals surface area contributed by atoms with Crippen LogP contribution in [0.3, 0.4) is 0 Å². The Morgan fingerprint density at radius 2 is 1.86 bits per heavy atom. The van der Waals surface area contributed by atoms with Gasteiger partial charge in [-0.15, -0.1) is 0 Å². The normalized spacial score (nSPS) is 10.9. The number of methoxy groups -OCH3 is 1. The predicted molar refractivity (Wildman–Crippen MR) is 88.6 cm³/mol. The smallest absolute Gasteiger partial charge is 0.136 e. The highest BCUT2D eigenvalue weighted by Crippen LogP contribution is 2.43. The molecule has 0 atom stereocenters. The van der Waals surface area contributed by atoms with Gasteiger partial charge in [0.05, 0.1) is 12.1 Å². The third kappa shape index (κ3) is 2.52. The van der Waals surface area contributed by atoms with E-state index >= 15 is 0 Å². The van der Waals surface area contributed by atoms with Crippen molar-refractivity contribution in [3.05, 3.63) is 63.8 Å². The van der Waals surface area contributed by atoms with E-state index < -0.39 is 0 Å². The molecule has 0 fully saturated rings. The second-order valence-electron chi connectivity index (χ2n) is 4.61. The summed E-state index contributed by atoms with van der Waals surface area (Å²) in [7, 11) is 1.57. The van der Waals surface area contributed by atoms with Gasteiger partial charge in [-0.2, -0.15) is 0 Å². The molecule has 0 aliphatic heterocycles. The summed E-state index contributed by atoms with van der Waals surface area (Å²) in [5.41, 5.74) is 0.994. The zero-order valence-electron chi connectivity index (χ0n) is 11.2. The van der Waals surface area contributed by atoms with E-state index in [0.717, 1.165) is 10.8 Å². The van der Waals surface area contributed by atoms with E-state index in [2.05, 4.69) is 15.9 Å². The Labute approximate surface area is 135 Å². The van der Waals surface area contributed by atoms with Crippen molar-refractivity contribution in [2.45, 2.75) is 0 Å². The maximum absolute atomic E-state index is 14.3. The molecule has 3 rings (SSSR count). The Kier molecular flexibility index (Phi) is 3.87. The molecule has 3 aromatic carbocycles. The number of rotatable bonds is 2. The van der Waals surface area contributed by atoms with Crippen LogP contribution in [0.1, 0.15) is 0 Å². The maximum Gasteiger partial charge on any atom is 0.136 e. The Hall–Kier alpha value is -1.58. The molecule has 0 amide bonds. The third-order valence-electron chi connectivity index (χ3n) is 3.36. The lowest BCUT2D eigenvalue weighted by atomic mass is 9.99. The predicted octanol–water partition coefficient (Wildman–Crippen LogP) is 6.07. The Morgan fingerprint density at radius 1 is 1.10 bits per heavy atom. The number of halogens is 3. The van der Waals surface area contributed by atoms with Gasteiger partial charge in [0, 0.05) is 21.0 Å². The number of hydrogen-bond donors (Lipinski definition) is 0. The van der Waals surface area contributed by atoms with Gasteiger partial charge in [0.15, 0.2) is 0 Å². The van der Waals surface area contributed by atoms with E-state index in [0.29, 0.717) is 26.4 Å². The largest absolute Gasteiger partial charge is 0.495 e. The molecule has 21 heavy (non-hydrogen) atoms. The molecule has 0 radical (unpaired) electrons. The van der Waals surface area contributed by atoms with Crippen LogP contribution in [0.4, 0.5) is 4.39 Å². The van der Waals surface area contributed by atoms with Crippen molar-refractivity contribution in [2.24, 2.45) is 0 Å². The fourth-order valence-electron chi connectivity index (χ4n) is 2.44. The highest BCUT2D eigenvalue weighted by Gasteiger charge is 2.17. The first-order valence-corrected chi connectivity index (χ1v) is 7.49. The summed E-state index contributed by atoms with van der Waals surface area (Å²) in [6.45, 7) is 0. The van der Waals surface area contributed by atoms with Crippen molar-refractivity contribution in [3.8, 4) is 16.9 Å². The Morgan fingerprint density at radius 3 is 2.57 bits per heavy atom. The van der Waals surface area contributed by atoms with Crippen LogP contribution in [0.25, 0.3) is 21.9 Å². The van der Waals surface area contributed by atoms with E-state index in [1.165, 1.54) is 6.07 Å². The third-order valence-corrected chi connectivity index (χ3v) is 4.15. The van der Waals surface area contributed by atoms with Crippen LogP contribution in [-0.2, 0) is 0 Å². The summed E-state index contributed by atoms with van der Waals surface area (Å²) in [5, 5.41) is 2.33. The molecule has 1 nitrogen and oxygen atoms in total. The average Bonchev–Trinajstić information content (AvgIpc) is 2.46. The van der Waals surface area contributed by atoms with Crippen LogP contribution in [0.5, 0.6) is 5.75 Å². The van der Waals surface area contributed by atoms with Crippen LogP contribution in [-0.4, -0.2) is 7.11 Å². The fourth-order valence-corrected chi connectivity index (χ4v) is 3.08. The number of hydrogen-bond acceptors (Lipinski definition) is 1. The van der Waals surface area contributed by atoms with Gasteiger partial charge in [0.25, 0.3) is 0 Å². The van der Waals surface area contributed by atoms with Gasteiger partial charge in [0.2, 0.25) is 0 Å². The van der Waals surface area contributed by atoms with E-state index in [1.54, 1.807) is 19.2 Å². The molecule has 0 spiro atoms. The SMILES string of the molecule is COc1c(-c2ccc(Br)cc2F)c(Cl)cc2ccccc12. The van der Waals surface area contributed by atoms with Crippen molar-refractivity contribution in [1.29, 1.82) is 0 Å². The zero-order valence-corrected chi connectivity index (χ0v) is 13.5. The van der Waals surface area contributed by atoms with E-state index in [9.17, 15) is 4.39 Å². The molecular weight excluding hydrogens is 355 g/mol. The zero-order chi connectivity index (χ0) is 15.0. The Balaban J connectivity index is 2.38. The van der Waals surface area contributed by atoms with Crippen molar-refractivity contribution >= 4 is 38.3 Å². The molecular formula is C17H11BrClFO. The molecule has 0 saturated carbocycles. The first-order chi connectivity index (χ1) is 10.1. The lowest BCUT2D eigenvalue weighted by molar-refractivity contribution is 0.421. The summed E-state index contributed by atoms with van der Waals surface area (Å²) >= 11 is 9.63. The summed E-state index contributed by atoms with van der Waals surface area (Å²) in [4.78, 5) is 0. The first-order valence-electron chi connectivity index (χ1n) is 6.32. The van der Waals surface area contributed by atoms with Gasteiger partial charge in [-0.25, -0.2) is 4.39 Å². The van der Waals surface area contributed by atoms with Crippen molar-refractivity contribution in [2.75, 3.05) is 7.11 Å². The molecule has 4 heteroatoms. The van der Waals surface area contributed by atoms with Gasteiger partial charge in [-0.3, -0.25) is 0 Å². The molecule has 3 aromatic rings.